The average Bonchev–Trinajstić information content (AvgIpc) is 3.52. The van der Waals surface area contributed by atoms with E-state index in [1.807, 2.05) is 0 Å². The number of hydrogen-bond donors (Lipinski definition) is 0. The van der Waals surface area contributed by atoms with Crippen LogP contribution in [-0.4, -0.2) is 27.0 Å². The molecule has 0 unspecified atom stereocenters. The third kappa shape index (κ3) is 5.03. The molecule has 0 bridgehead atoms. The van der Waals surface area contributed by atoms with Crippen LogP contribution >= 0.6 is 11.3 Å². The highest BCUT2D eigenvalue weighted by molar-refractivity contribution is 7.07. The highest BCUT2D eigenvalue weighted by atomic mass is 32.1. The van der Waals surface area contributed by atoms with Gasteiger partial charge in [0, 0.05) is 17.7 Å². The lowest BCUT2D eigenvalue weighted by molar-refractivity contribution is -0.385. The fourth-order valence-electron chi connectivity index (χ4n) is 4.67. The molecule has 14 heteroatoms. The smallest absolute Gasteiger partial charge is 0.338 e. The Labute approximate surface area is 239 Å². The molecule has 0 saturated carbocycles. The summed E-state index contributed by atoms with van der Waals surface area (Å²) in [6, 6.07) is 9.45. The number of nitro benzene ring substituents is 2. The fraction of sp³-hybridized carbons (Fsp3) is 0.179. The van der Waals surface area contributed by atoms with Gasteiger partial charge in [0.1, 0.15) is 17.3 Å². The molecule has 0 aliphatic carbocycles. The van der Waals surface area contributed by atoms with Crippen molar-refractivity contribution in [2.75, 3.05) is 6.61 Å². The molecule has 5 rings (SSSR count). The van der Waals surface area contributed by atoms with Crippen LogP contribution in [0.4, 0.5) is 15.8 Å². The van der Waals surface area contributed by atoms with E-state index in [0.29, 0.717) is 16.8 Å². The minimum Gasteiger partial charge on any atom is -0.463 e. The SMILES string of the molecule is CCOC(=O)C1=C(C)N=c2s/c(=C/c3ccc(-c4ccc(F)cc4[N+](=O)[O-])o3)c(=O)n2[C@@H]1c1ccc(C)c([N+](=O)[O-])c1. The number of aromatic nitrogens is 1. The van der Waals surface area contributed by atoms with Gasteiger partial charge in [-0.3, -0.25) is 29.6 Å². The molecule has 0 saturated heterocycles. The largest absolute Gasteiger partial charge is 0.463 e. The number of nitro groups is 2. The molecule has 4 aromatic rings. The monoisotopic (exact) mass is 592 g/mol. The maximum Gasteiger partial charge on any atom is 0.338 e. The standard InChI is InChI=1S/C28H21FN4O8S/c1-4-40-27(35)24-15(3)30-28-31(25(24)16-6-5-14(2)20(11-16)32(36)37)26(34)23(42-28)13-18-8-10-22(41-18)19-9-7-17(29)12-21(19)33(38)39/h5-13,25H,4H2,1-3H3/b23-13+/t25-/m1/s1. The van der Waals surface area contributed by atoms with Crippen molar-refractivity contribution in [1.82, 2.24) is 4.57 Å². The minimum atomic E-state index is -1.06. The van der Waals surface area contributed by atoms with E-state index in [1.165, 1.54) is 34.9 Å². The first kappa shape index (κ1) is 28.3. The number of hydrogen-bond acceptors (Lipinski definition) is 10. The Morgan fingerprint density at radius 3 is 2.55 bits per heavy atom. The lowest BCUT2D eigenvalue weighted by Gasteiger charge is -2.24. The Bertz CT molecular complexity index is 2010. The molecule has 1 aliphatic heterocycles. The third-order valence-electron chi connectivity index (χ3n) is 6.58. The second kappa shape index (κ2) is 11.0. The van der Waals surface area contributed by atoms with Gasteiger partial charge in [0.2, 0.25) is 0 Å². The van der Waals surface area contributed by atoms with Crippen molar-refractivity contribution in [2.24, 2.45) is 4.99 Å². The number of ether oxygens (including phenoxy) is 1. The van der Waals surface area contributed by atoms with Crippen molar-refractivity contribution in [1.29, 1.82) is 0 Å². The van der Waals surface area contributed by atoms with Crippen molar-refractivity contribution >= 4 is 34.8 Å². The second-order valence-corrected chi connectivity index (χ2v) is 10.2. The number of carbonyl (C=O) groups is 1. The first-order valence-corrected chi connectivity index (χ1v) is 13.3. The first-order chi connectivity index (χ1) is 20.0. The van der Waals surface area contributed by atoms with Crippen LogP contribution in [0.5, 0.6) is 0 Å². The van der Waals surface area contributed by atoms with Crippen molar-refractivity contribution in [3.63, 3.8) is 0 Å². The first-order valence-electron chi connectivity index (χ1n) is 12.5. The van der Waals surface area contributed by atoms with Gasteiger partial charge >= 0.3 is 5.97 Å². The Kier molecular flexibility index (Phi) is 7.39. The minimum absolute atomic E-state index is 0.0539. The normalized spacial score (nSPS) is 14.9. The van der Waals surface area contributed by atoms with E-state index in [-0.39, 0.29) is 44.3 Å². The number of halogens is 1. The van der Waals surface area contributed by atoms with Gasteiger partial charge in [0.25, 0.3) is 16.9 Å². The molecule has 1 aliphatic rings. The average molecular weight is 593 g/mol. The maximum absolute atomic E-state index is 13.8. The zero-order chi connectivity index (χ0) is 30.3. The summed E-state index contributed by atoms with van der Waals surface area (Å²) in [6.07, 6.45) is 1.42. The zero-order valence-corrected chi connectivity index (χ0v) is 23.1. The van der Waals surface area contributed by atoms with Crippen LogP contribution in [-0.2, 0) is 9.53 Å². The molecule has 2 aromatic carbocycles. The number of carbonyl (C=O) groups excluding carboxylic acids is 1. The zero-order valence-electron chi connectivity index (χ0n) is 22.3. The van der Waals surface area contributed by atoms with Crippen molar-refractivity contribution < 1.29 is 28.2 Å². The number of aryl methyl sites for hydroxylation is 1. The van der Waals surface area contributed by atoms with Gasteiger partial charge in [-0.1, -0.05) is 23.5 Å². The molecule has 1 atom stereocenters. The molecule has 0 amide bonds. The highest BCUT2D eigenvalue weighted by Crippen LogP contribution is 2.34. The van der Waals surface area contributed by atoms with Gasteiger partial charge in [-0.15, -0.1) is 0 Å². The van der Waals surface area contributed by atoms with Gasteiger partial charge in [0.15, 0.2) is 4.80 Å². The van der Waals surface area contributed by atoms with Crippen LogP contribution in [0.3, 0.4) is 0 Å². The summed E-state index contributed by atoms with van der Waals surface area (Å²) in [5, 5.41) is 23.1. The summed E-state index contributed by atoms with van der Waals surface area (Å²) in [6.45, 7) is 4.87. The van der Waals surface area contributed by atoms with Crippen molar-refractivity contribution in [3.05, 3.63) is 122 Å². The number of fused-ring (bicyclic) bond motifs is 1. The Morgan fingerprint density at radius 1 is 1.12 bits per heavy atom. The molecule has 2 aromatic heterocycles. The number of benzene rings is 2. The van der Waals surface area contributed by atoms with Gasteiger partial charge < -0.3 is 9.15 Å². The molecular formula is C28H21FN4O8S. The fourth-order valence-corrected chi connectivity index (χ4v) is 5.70. The van der Waals surface area contributed by atoms with Crippen LogP contribution in [0.2, 0.25) is 0 Å². The predicted octanol–water partition coefficient (Wildman–Crippen LogP) is 4.32. The molecule has 0 radical (unpaired) electrons. The van der Waals surface area contributed by atoms with Gasteiger partial charge in [0.05, 0.1) is 49.9 Å². The summed E-state index contributed by atoms with van der Waals surface area (Å²) < 4.78 is 26.0. The van der Waals surface area contributed by atoms with Crippen LogP contribution in [0, 0.1) is 33.0 Å². The molecule has 214 valence electrons. The lowest BCUT2D eigenvalue weighted by atomic mass is 9.94. The second-order valence-electron chi connectivity index (χ2n) is 9.23. The van der Waals surface area contributed by atoms with E-state index in [4.69, 9.17) is 9.15 Å². The molecule has 0 fully saturated rings. The number of nitrogens with zero attached hydrogens (tertiary/aromatic N) is 4. The van der Waals surface area contributed by atoms with Crippen LogP contribution in [0.1, 0.15) is 36.8 Å². The molecule has 3 heterocycles. The predicted molar refractivity (Wildman–Crippen MR) is 149 cm³/mol. The Balaban J connectivity index is 1.67. The van der Waals surface area contributed by atoms with Crippen LogP contribution in [0.25, 0.3) is 17.4 Å². The van der Waals surface area contributed by atoms with E-state index in [1.54, 1.807) is 32.9 Å². The molecule has 0 spiro atoms. The van der Waals surface area contributed by atoms with Crippen LogP contribution < -0.4 is 14.9 Å². The number of allylic oxidation sites excluding steroid dienone is 1. The molecule has 0 N–H and O–H groups in total. The number of rotatable bonds is 7. The number of thiazole rings is 1. The van der Waals surface area contributed by atoms with Gasteiger partial charge in [-0.05, 0) is 50.6 Å². The van der Waals surface area contributed by atoms with Crippen molar-refractivity contribution in [3.8, 4) is 11.3 Å². The lowest BCUT2D eigenvalue weighted by Crippen LogP contribution is -2.40. The van der Waals surface area contributed by atoms with E-state index < -0.39 is 38.9 Å². The Hall–Kier alpha value is -5.24. The summed E-state index contributed by atoms with van der Waals surface area (Å²) in [4.78, 5) is 53.4. The van der Waals surface area contributed by atoms with Gasteiger partial charge in [-0.2, -0.15) is 0 Å². The summed E-state index contributed by atoms with van der Waals surface area (Å²) in [5.74, 6) is -1.22. The van der Waals surface area contributed by atoms with E-state index in [9.17, 15) is 34.2 Å². The topological polar surface area (TPSA) is 160 Å². The quantitative estimate of drug-likeness (QED) is 0.174. The molecule has 42 heavy (non-hydrogen) atoms. The highest BCUT2D eigenvalue weighted by Gasteiger charge is 2.34. The molecular weight excluding hydrogens is 571 g/mol. The maximum atomic E-state index is 13.8. The summed E-state index contributed by atoms with van der Waals surface area (Å²) >= 11 is 1.01. The van der Waals surface area contributed by atoms with Gasteiger partial charge in [-0.25, -0.2) is 14.2 Å². The van der Waals surface area contributed by atoms with E-state index >= 15 is 0 Å². The number of esters is 1. The van der Waals surface area contributed by atoms with Crippen molar-refractivity contribution in [2.45, 2.75) is 26.8 Å². The summed E-state index contributed by atoms with van der Waals surface area (Å²) in [5.41, 5.74) is -0.0675. The van der Waals surface area contributed by atoms with E-state index in [2.05, 4.69) is 4.99 Å². The van der Waals surface area contributed by atoms with E-state index in [0.717, 1.165) is 23.5 Å². The number of furan rings is 1. The van der Waals surface area contributed by atoms with Crippen LogP contribution in [0.15, 0.2) is 74.0 Å². The molecule has 12 nitrogen and oxygen atoms in total. The summed E-state index contributed by atoms with van der Waals surface area (Å²) in [7, 11) is 0. The third-order valence-corrected chi connectivity index (χ3v) is 7.57. The Morgan fingerprint density at radius 2 is 1.86 bits per heavy atom.